The Morgan fingerprint density at radius 1 is 1.07 bits per heavy atom. The van der Waals surface area contributed by atoms with Crippen molar-refractivity contribution in [3.8, 4) is 0 Å². The molecule has 0 spiro atoms. The number of nitrogens with zero attached hydrogens (tertiary/aromatic N) is 1. The molecule has 1 nitrogen and oxygen atoms in total. The molecule has 2 fully saturated rings. The van der Waals surface area contributed by atoms with Crippen LogP contribution in [-0.4, -0.2) is 24.5 Å². The number of hydrogen-bond donors (Lipinski definition) is 0. The molecular weight excluding hydrogens is 182 g/mol. The van der Waals surface area contributed by atoms with Crippen molar-refractivity contribution in [2.24, 2.45) is 17.8 Å². The average molecular weight is 209 g/mol. The van der Waals surface area contributed by atoms with Crippen LogP contribution in [0.25, 0.3) is 0 Å². The Morgan fingerprint density at radius 2 is 1.87 bits per heavy atom. The molecule has 15 heavy (non-hydrogen) atoms. The zero-order valence-corrected chi connectivity index (χ0v) is 10.5. The van der Waals surface area contributed by atoms with Gasteiger partial charge in [-0.25, -0.2) is 0 Å². The van der Waals surface area contributed by atoms with E-state index in [1.54, 1.807) is 0 Å². The Kier molecular flexibility index (Phi) is 4.07. The SMILES string of the molecule is C[C@@H]1CC[C@H](CCCCN2CC2)[C@H](C)C1. The van der Waals surface area contributed by atoms with E-state index in [0.717, 1.165) is 17.8 Å². The van der Waals surface area contributed by atoms with Crippen LogP contribution in [0, 0.1) is 17.8 Å². The minimum atomic E-state index is 0.994. The minimum Gasteiger partial charge on any atom is -0.301 e. The van der Waals surface area contributed by atoms with Gasteiger partial charge in [0, 0.05) is 13.1 Å². The van der Waals surface area contributed by atoms with E-state index in [-0.39, 0.29) is 0 Å². The van der Waals surface area contributed by atoms with E-state index in [1.807, 2.05) is 0 Å². The van der Waals surface area contributed by atoms with Gasteiger partial charge < -0.3 is 4.90 Å². The van der Waals surface area contributed by atoms with Gasteiger partial charge in [0.1, 0.15) is 0 Å². The largest absolute Gasteiger partial charge is 0.301 e. The maximum Gasteiger partial charge on any atom is 0.0110 e. The number of hydrogen-bond acceptors (Lipinski definition) is 1. The minimum absolute atomic E-state index is 0.994. The Balaban J connectivity index is 1.56. The molecule has 1 saturated heterocycles. The molecule has 0 aromatic heterocycles. The fraction of sp³-hybridized carbons (Fsp3) is 1.00. The third-order valence-electron chi connectivity index (χ3n) is 4.45. The van der Waals surface area contributed by atoms with Crippen molar-refractivity contribution in [2.75, 3.05) is 19.6 Å². The quantitative estimate of drug-likeness (QED) is 0.494. The van der Waals surface area contributed by atoms with E-state index < -0.39 is 0 Å². The van der Waals surface area contributed by atoms with Crippen LogP contribution in [0.15, 0.2) is 0 Å². The summed E-state index contributed by atoms with van der Waals surface area (Å²) in [6.07, 6.45) is 8.89. The summed E-state index contributed by atoms with van der Waals surface area (Å²) in [7, 11) is 0. The molecule has 0 unspecified atom stereocenters. The lowest BCUT2D eigenvalue weighted by Crippen LogP contribution is -2.21. The molecular formula is C14H27N. The highest BCUT2D eigenvalue weighted by Gasteiger charge is 2.24. The molecule has 1 heterocycles. The summed E-state index contributed by atoms with van der Waals surface area (Å²) in [4.78, 5) is 2.55. The van der Waals surface area contributed by atoms with Crippen LogP contribution in [0.5, 0.6) is 0 Å². The van der Waals surface area contributed by atoms with Crippen LogP contribution in [0.3, 0.4) is 0 Å². The van der Waals surface area contributed by atoms with Crippen LogP contribution < -0.4 is 0 Å². The third-order valence-corrected chi connectivity index (χ3v) is 4.45. The van der Waals surface area contributed by atoms with Crippen molar-refractivity contribution in [1.82, 2.24) is 4.90 Å². The number of unbranched alkanes of at least 4 members (excludes halogenated alkanes) is 1. The van der Waals surface area contributed by atoms with E-state index in [2.05, 4.69) is 18.7 Å². The van der Waals surface area contributed by atoms with Crippen LogP contribution in [0.4, 0.5) is 0 Å². The summed E-state index contributed by atoms with van der Waals surface area (Å²) in [6.45, 7) is 9.02. The summed E-state index contributed by atoms with van der Waals surface area (Å²) in [5.74, 6) is 3.04. The van der Waals surface area contributed by atoms with Gasteiger partial charge in [-0.15, -0.1) is 0 Å². The molecule has 1 heteroatoms. The lowest BCUT2D eigenvalue weighted by Gasteiger charge is -2.32. The molecule has 2 rings (SSSR count). The summed E-state index contributed by atoms with van der Waals surface area (Å²) in [5, 5.41) is 0. The van der Waals surface area contributed by atoms with Crippen LogP contribution in [0.2, 0.25) is 0 Å². The monoisotopic (exact) mass is 209 g/mol. The predicted molar refractivity (Wildman–Crippen MR) is 66.0 cm³/mol. The molecule has 2 aliphatic rings. The van der Waals surface area contributed by atoms with Gasteiger partial charge in [0.2, 0.25) is 0 Å². The normalized spacial score (nSPS) is 36.8. The second-order valence-corrected chi connectivity index (χ2v) is 5.99. The molecule has 0 aromatic rings. The lowest BCUT2D eigenvalue weighted by molar-refractivity contribution is 0.190. The van der Waals surface area contributed by atoms with E-state index in [9.17, 15) is 0 Å². The van der Waals surface area contributed by atoms with Gasteiger partial charge in [0.15, 0.2) is 0 Å². The molecule has 1 aliphatic heterocycles. The first kappa shape index (κ1) is 11.4. The van der Waals surface area contributed by atoms with Crippen molar-refractivity contribution in [1.29, 1.82) is 0 Å². The molecule has 88 valence electrons. The topological polar surface area (TPSA) is 3.01 Å². The van der Waals surface area contributed by atoms with Gasteiger partial charge in [-0.1, -0.05) is 33.1 Å². The van der Waals surface area contributed by atoms with E-state index in [4.69, 9.17) is 0 Å². The first-order valence-corrected chi connectivity index (χ1v) is 6.98. The smallest absolute Gasteiger partial charge is 0.0110 e. The molecule has 3 atom stereocenters. The summed E-state index contributed by atoms with van der Waals surface area (Å²) >= 11 is 0. The summed E-state index contributed by atoms with van der Waals surface area (Å²) in [6, 6.07) is 0. The van der Waals surface area contributed by atoms with Crippen LogP contribution in [0.1, 0.15) is 52.4 Å². The fourth-order valence-corrected chi connectivity index (χ4v) is 3.19. The van der Waals surface area contributed by atoms with Gasteiger partial charge in [-0.3, -0.25) is 0 Å². The Morgan fingerprint density at radius 3 is 2.53 bits per heavy atom. The van der Waals surface area contributed by atoms with Crippen molar-refractivity contribution >= 4 is 0 Å². The third kappa shape index (κ3) is 3.79. The highest BCUT2D eigenvalue weighted by molar-refractivity contribution is 4.76. The fourth-order valence-electron chi connectivity index (χ4n) is 3.19. The molecule has 0 aromatic carbocycles. The zero-order valence-electron chi connectivity index (χ0n) is 10.5. The molecule has 0 N–H and O–H groups in total. The van der Waals surface area contributed by atoms with Crippen molar-refractivity contribution < 1.29 is 0 Å². The highest BCUT2D eigenvalue weighted by Crippen LogP contribution is 2.36. The molecule has 0 radical (unpaired) electrons. The van der Waals surface area contributed by atoms with Crippen molar-refractivity contribution in [3.05, 3.63) is 0 Å². The van der Waals surface area contributed by atoms with E-state index >= 15 is 0 Å². The Labute approximate surface area is 95.2 Å². The van der Waals surface area contributed by atoms with Crippen LogP contribution in [-0.2, 0) is 0 Å². The first-order valence-electron chi connectivity index (χ1n) is 6.98. The molecule has 0 bridgehead atoms. The Hall–Kier alpha value is -0.0400. The van der Waals surface area contributed by atoms with Gasteiger partial charge in [-0.2, -0.15) is 0 Å². The van der Waals surface area contributed by atoms with Crippen LogP contribution >= 0.6 is 0 Å². The zero-order chi connectivity index (χ0) is 10.7. The second-order valence-electron chi connectivity index (χ2n) is 5.99. The van der Waals surface area contributed by atoms with Crippen molar-refractivity contribution in [2.45, 2.75) is 52.4 Å². The second kappa shape index (κ2) is 5.34. The first-order chi connectivity index (χ1) is 7.25. The molecule has 1 aliphatic carbocycles. The standard InChI is InChI=1S/C14H27N/c1-12-6-7-14(13(2)11-12)5-3-4-8-15-9-10-15/h12-14H,3-11H2,1-2H3/t12-,13-,14+/m1/s1. The molecule has 0 amide bonds. The van der Waals surface area contributed by atoms with Gasteiger partial charge >= 0.3 is 0 Å². The lowest BCUT2D eigenvalue weighted by atomic mass is 9.74. The van der Waals surface area contributed by atoms with Gasteiger partial charge in [-0.05, 0) is 43.6 Å². The summed E-state index contributed by atoms with van der Waals surface area (Å²) in [5.41, 5.74) is 0. The number of rotatable bonds is 5. The van der Waals surface area contributed by atoms with E-state index in [0.29, 0.717) is 0 Å². The maximum absolute atomic E-state index is 2.55. The average Bonchev–Trinajstić information content (AvgIpc) is 2.99. The predicted octanol–water partition coefficient (Wildman–Crippen LogP) is 3.54. The molecule has 1 saturated carbocycles. The maximum atomic E-state index is 2.55. The van der Waals surface area contributed by atoms with Gasteiger partial charge in [0.05, 0.1) is 0 Å². The Bertz CT molecular complexity index is 186. The highest BCUT2D eigenvalue weighted by atomic mass is 15.2. The van der Waals surface area contributed by atoms with Crippen molar-refractivity contribution in [3.63, 3.8) is 0 Å². The summed E-state index contributed by atoms with van der Waals surface area (Å²) < 4.78 is 0. The van der Waals surface area contributed by atoms with E-state index in [1.165, 1.54) is 58.2 Å². The van der Waals surface area contributed by atoms with Gasteiger partial charge in [0.25, 0.3) is 0 Å².